The van der Waals surface area contributed by atoms with Gasteiger partial charge in [0.15, 0.2) is 0 Å². The molecule has 0 fully saturated rings. The minimum atomic E-state index is 0.333. The number of nitrogen functional groups attached to an aromatic ring is 1. The normalized spacial score (nSPS) is 10.7. The summed E-state index contributed by atoms with van der Waals surface area (Å²) in [4.78, 5) is 15.7. The van der Waals surface area contributed by atoms with E-state index in [-0.39, 0.29) is 0 Å². The molecule has 3 heterocycles. The number of rotatable bonds is 4. The van der Waals surface area contributed by atoms with Crippen LogP contribution in [-0.4, -0.2) is 26.2 Å². The Morgan fingerprint density at radius 2 is 2.24 bits per heavy atom. The Hall–Kier alpha value is -2.96. The van der Waals surface area contributed by atoms with Crippen LogP contribution in [0, 0.1) is 5.41 Å². The second kappa shape index (κ2) is 5.20. The number of nitrogens with zero attached hydrogens (tertiary/aromatic N) is 3. The third kappa shape index (κ3) is 2.29. The molecule has 0 bridgehead atoms. The van der Waals surface area contributed by atoms with E-state index in [4.69, 9.17) is 11.1 Å². The Kier molecular flexibility index (Phi) is 3.23. The lowest BCUT2D eigenvalue weighted by atomic mass is 10.2. The van der Waals surface area contributed by atoms with Gasteiger partial charge in [-0.25, -0.2) is 15.0 Å². The van der Waals surface area contributed by atoms with Gasteiger partial charge in [0.05, 0.1) is 17.3 Å². The molecule has 5 N–H and O–H groups in total. The Morgan fingerprint density at radius 1 is 1.38 bits per heavy atom. The van der Waals surface area contributed by atoms with Crippen molar-refractivity contribution in [3.63, 3.8) is 0 Å². The number of anilines is 3. The Balaban J connectivity index is 2.05. The molecule has 3 rings (SSSR count). The summed E-state index contributed by atoms with van der Waals surface area (Å²) in [5.41, 5.74) is 8.92. The van der Waals surface area contributed by atoms with Crippen LogP contribution in [0.5, 0.6) is 0 Å². The summed E-state index contributed by atoms with van der Waals surface area (Å²) in [5.74, 6) is 1.04. The van der Waals surface area contributed by atoms with Crippen LogP contribution in [0.15, 0.2) is 24.8 Å². The molecular formula is C14H15N7. The first kappa shape index (κ1) is 13.0. The fourth-order valence-corrected chi connectivity index (χ4v) is 2.21. The summed E-state index contributed by atoms with van der Waals surface area (Å²) in [6.07, 6.45) is 7.12. The van der Waals surface area contributed by atoms with Gasteiger partial charge in [-0.3, -0.25) is 0 Å². The summed E-state index contributed by atoms with van der Waals surface area (Å²) in [5, 5.41) is 11.5. The summed E-state index contributed by atoms with van der Waals surface area (Å²) in [6.45, 7) is 2.08. The van der Waals surface area contributed by atoms with Gasteiger partial charge in [-0.1, -0.05) is 6.92 Å². The molecule has 0 atom stereocenters. The van der Waals surface area contributed by atoms with E-state index in [2.05, 4.69) is 32.2 Å². The van der Waals surface area contributed by atoms with Crippen LogP contribution >= 0.6 is 0 Å². The molecule has 3 aromatic rings. The van der Waals surface area contributed by atoms with Crippen molar-refractivity contribution in [2.75, 3.05) is 11.1 Å². The summed E-state index contributed by atoms with van der Waals surface area (Å²) >= 11 is 0. The number of hydrogen-bond acceptors (Lipinski definition) is 6. The van der Waals surface area contributed by atoms with Crippen molar-refractivity contribution in [2.24, 2.45) is 0 Å². The van der Waals surface area contributed by atoms with Crippen molar-refractivity contribution in [3.05, 3.63) is 35.9 Å². The van der Waals surface area contributed by atoms with Gasteiger partial charge in [0.25, 0.3) is 0 Å². The first-order valence-electron chi connectivity index (χ1n) is 6.57. The predicted octanol–water partition coefficient (Wildman–Crippen LogP) is 2.24. The highest BCUT2D eigenvalue weighted by molar-refractivity contribution is 5.92. The van der Waals surface area contributed by atoms with Gasteiger partial charge in [-0.2, -0.15) is 0 Å². The number of pyridine rings is 1. The lowest BCUT2D eigenvalue weighted by molar-refractivity contribution is 1.15. The molecule has 7 nitrogen and oxygen atoms in total. The van der Waals surface area contributed by atoms with Gasteiger partial charge in [-0.15, -0.1) is 0 Å². The minimum Gasteiger partial charge on any atom is -0.383 e. The van der Waals surface area contributed by atoms with E-state index in [9.17, 15) is 0 Å². The van der Waals surface area contributed by atoms with Crippen LogP contribution < -0.4 is 11.1 Å². The molecule has 3 aromatic heterocycles. The number of aryl methyl sites for hydroxylation is 1. The zero-order valence-corrected chi connectivity index (χ0v) is 11.5. The fourth-order valence-electron chi connectivity index (χ4n) is 2.21. The SMILES string of the molecule is CCc1c[nH]c2ncnc(Nc3cnc(N)c(C=N)c3)c12. The van der Waals surface area contributed by atoms with Crippen LogP contribution in [0.4, 0.5) is 17.3 Å². The highest BCUT2D eigenvalue weighted by Gasteiger charge is 2.10. The molecule has 0 amide bonds. The number of aromatic amines is 1. The monoisotopic (exact) mass is 281 g/mol. The van der Waals surface area contributed by atoms with Crippen molar-refractivity contribution in [3.8, 4) is 0 Å². The van der Waals surface area contributed by atoms with Gasteiger partial charge in [0.2, 0.25) is 0 Å². The van der Waals surface area contributed by atoms with Gasteiger partial charge in [-0.05, 0) is 18.1 Å². The summed E-state index contributed by atoms with van der Waals surface area (Å²) < 4.78 is 0. The predicted molar refractivity (Wildman–Crippen MR) is 83.1 cm³/mol. The maximum Gasteiger partial charge on any atom is 0.143 e. The van der Waals surface area contributed by atoms with E-state index in [1.807, 2.05) is 6.20 Å². The molecule has 0 spiro atoms. The molecule has 0 unspecified atom stereocenters. The van der Waals surface area contributed by atoms with Crippen LogP contribution in [0.2, 0.25) is 0 Å². The number of aromatic nitrogens is 4. The average molecular weight is 281 g/mol. The molecule has 0 aliphatic heterocycles. The van der Waals surface area contributed by atoms with Crippen molar-refractivity contribution >= 4 is 34.6 Å². The zero-order valence-electron chi connectivity index (χ0n) is 11.5. The van der Waals surface area contributed by atoms with Crippen LogP contribution in [0.25, 0.3) is 11.0 Å². The lowest BCUT2D eigenvalue weighted by Crippen LogP contribution is -2.01. The second-order valence-corrected chi connectivity index (χ2v) is 4.58. The number of hydrogen-bond donors (Lipinski definition) is 4. The first-order chi connectivity index (χ1) is 10.2. The van der Waals surface area contributed by atoms with Gasteiger partial charge in [0, 0.05) is 18.0 Å². The van der Waals surface area contributed by atoms with Crippen molar-refractivity contribution in [2.45, 2.75) is 13.3 Å². The highest BCUT2D eigenvalue weighted by atomic mass is 15.0. The molecule has 0 saturated heterocycles. The quantitative estimate of drug-likeness (QED) is 0.547. The van der Waals surface area contributed by atoms with E-state index < -0.39 is 0 Å². The van der Waals surface area contributed by atoms with Crippen LogP contribution in [-0.2, 0) is 6.42 Å². The molecule has 0 radical (unpaired) electrons. The standard InChI is InChI=1S/C14H15N7/c1-2-8-5-18-13-11(8)14(20-7-19-13)21-10-3-9(4-15)12(16)17-6-10/h3-7,15H,2H2,1H3,(H2,16,17)(H2,18,19,20,21). The number of nitrogens with two attached hydrogens (primary N) is 1. The third-order valence-electron chi connectivity index (χ3n) is 3.30. The lowest BCUT2D eigenvalue weighted by Gasteiger charge is -2.08. The summed E-state index contributed by atoms with van der Waals surface area (Å²) in [7, 11) is 0. The number of H-pyrrole nitrogens is 1. The molecule has 0 aliphatic carbocycles. The van der Waals surface area contributed by atoms with Gasteiger partial charge < -0.3 is 21.4 Å². The molecule has 7 heteroatoms. The Bertz CT molecular complexity index is 806. The maximum absolute atomic E-state index is 7.33. The van der Waals surface area contributed by atoms with E-state index in [1.165, 1.54) is 12.5 Å². The first-order valence-corrected chi connectivity index (χ1v) is 6.57. The molecule has 106 valence electrons. The van der Waals surface area contributed by atoms with Crippen LogP contribution in [0.1, 0.15) is 18.1 Å². The molecular weight excluding hydrogens is 266 g/mol. The molecule has 0 aromatic carbocycles. The van der Waals surface area contributed by atoms with Crippen molar-refractivity contribution < 1.29 is 0 Å². The van der Waals surface area contributed by atoms with Crippen LogP contribution in [0.3, 0.4) is 0 Å². The fraction of sp³-hybridized carbons (Fsp3) is 0.143. The highest BCUT2D eigenvalue weighted by Crippen LogP contribution is 2.26. The molecule has 0 saturated carbocycles. The Labute approximate surface area is 121 Å². The topological polar surface area (TPSA) is 116 Å². The maximum atomic E-state index is 7.33. The average Bonchev–Trinajstić information content (AvgIpc) is 2.93. The third-order valence-corrected chi connectivity index (χ3v) is 3.30. The van der Waals surface area contributed by atoms with E-state index >= 15 is 0 Å². The van der Waals surface area contributed by atoms with Gasteiger partial charge >= 0.3 is 0 Å². The summed E-state index contributed by atoms with van der Waals surface area (Å²) in [6, 6.07) is 1.77. The molecule has 21 heavy (non-hydrogen) atoms. The number of nitrogens with one attached hydrogen (secondary N) is 3. The van der Waals surface area contributed by atoms with E-state index in [0.29, 0.717) is 17.2 Å². The largest absolute Gasteiger partial charge is 0.383 e. The van der Waals surface area contributed by atoms with E-state index in [1.54, 1.807) is 12.3 Å². The zero-order chi connectivity index (χ0) is 14.8. The molecule has 0 aliphatic rings. The van der Waals surface area contributed by atoms with Crippen molar-refractivity contribution in [1.82, 2.24) is 19.9 Å². The smallest absolute Gasteiger partial charge is 0.143 e. The Morgan fingerprint density at radius 3 is 3.00 bits per heavy atom. The van der Waals surface area contributed by atoms with E-state index in [0.717, 1.165) is 28.7 Å². The second-order valence-electron chi connectivity index (χ2n) is 4.58. The number of fused-ring (bicyclic) bond motifs is 1. The minimum absolute atomic E-state index is 0.333. The van der Waals surface area contributed by atoms with Crippen molar-refractivity contribution in [1.29, 1.82) is 5.41 Å². The van der Waals surface area contributed by atoms with Gasteiger partial charge in [0.1, 0.15) is 23.6 Å².